The van der Waals surface area contributed by atoms with E-state index < -0.39 is 16.1 Å². The Hall–Kier alpha value is -2.75. The second kappa shape index (κ2) is 7.44. The molecule has 3 atom stereocenters. The van der Waals surface area contributed by atoms with E-state index in [0.29, 0.717) is 13.0 Å². The average molecular weight is 443 g/mol. The van der Waals surface area contributed by atoms with Crippen molar-refractivity contribution < 1.29 is 17.9 Å². The van der Waals surface area contributed by atoms with Gasteiger partial charge in [-0.3, -0.25) is 0 Å². The first-order chi connectivity index (χ1) is 14.9. The summed E-state index contributed by atoms with van der Waals surface area (Å²) < 4.78 is 43.3. The van der Waals surface area contributed by atoms with Gasteiger partial charge in [0.1, 0.15) is 5.82 Å². The highest BCUT2D eigenvalue weighted by Gasteiger charge is 2.49. The van der Waals surface area contributed by atoms with Crippen LogP contribution in [0.2, 0.25) is 0 Å². The van der Waals surface area contributed by atoms with Gasteiger partial charge in [-0.15, -0.1) is 0 Å². The van der Waals surface area contributed by atoms with Crippen LogP contribution in [0.25, 0.3) is 11.1 Å². The summed E-state index contributed by atoms with van der Waals surface area (Å²) in [5, 5.41) is 13.3. The molecule has 31 heavy (non-hydrogen) atoms. The van der Waals surface area contributed by atoms with Crippen LogP contribution in [-0.4, -0.2) is 46.6 Å². The zero-order valence-corrected chi connectivity index (χ0v) is 17.8. The van der Waals surface area contributed by atoms with Crippen LogP contribution in [-0.2, 0) is 17.1 Å². The van der Waals surface area contributed by atoms with Crippen molar-refractivity contribution >= 4 is 15.7 Å². The Bertz CT molecular complexity index is 1230. The number of aliphatic hydroxyl groups excluding tert-OH is 1. The molecule has 0 aliphatic carbocycles. The highest BCUT2D eigenvalue weighted by Crippen LogP contribution is 2.49. The number of hydrogen-bond donors (Lipinski definition) is 2. The molecule has 1 fully saturated rings. The number of anilines is 1. The number of imidazole rings is 1. The van der Waals surface area contributed by atoms with Gasteiger partial charge in [-0.1, -0.05) is 18.2 Å². The van der Waals surface area contributed by atoms with E-state index in [1.807, 2.05) is 18.2 Å². The fraction of sp³-hybridized carbons (Fsp3) is 0.318. The normalized spacial score (nSPS) is 23.3. The Morgan fingerprint density at radius 3 is 2.61 bits per heavy atom. The SMILES string of the molecule is Cn1cnc(S(=O)(=O)N2CC[C@@H]3[C@H]2c2cc(-c4ccc(F)cc4)ccc2N[C@@H]3CO)c1. The number of benzene rings is 2. The minimum atomic E-state index is -3.80. The number of nitrogens with one attached hydrogen (secondary N) is 1. The van der Waals surface area contributed by atoms with E-state index in [1.54, 1.807) is 23.7 Å². The van der Waals surface area contributed by atoms with Gasteiger partial charge in [0, 0.05) is 31.4 Å². The first-order valence-electron chi connectivity index (χ1n) is 10.2. The summed E-state index contributed by atoms with van der Waals surface area (Å²) in [7, 11) is -2.07. The number of rotatable bonds is 4. The molecule has 0 amide bonds. The van der Waals surface area contributed by atoms with Crippen molar-refractivity contribution in [2.75, 3.05) is 18.5 Å². The van der Waals surface area contributed by atoms with Gasteiger partial charge < -0.3 is 15.0 Å². The summed E-state index contributed by atoms with van der Waals surface area (Å²) in [6, 6.07) is 11.4. The number of fused-ring (bicyclic) bond motifs is 3. The number of aliphatic hydroxyl groups is 1. The largest absolute Gasteiger partial charge is 0.394 e. The maximum absolute atomic E-state index is 13.4. The van der Waals surface area contributed by atoms with Gasteiger partial charge in [0.15, 0.2) is 5.03 Å². The van der Waals surface area contributed by atoms with Crippen LogP contribution in [0.4, 0.5) is 10.1 Å². The van der Waals surface area contributed by atoms with Crippen LogP contribution in [0.15, 0.2) is 60.0 Å². The summed E-state index contributed by atoms with van der Waals surface area (Å²) in [6.07, 6.45) is 3.61. The van der Waals surface area contributed by atoms with Crippen molar-refractivity contribution in [3.63, 3.8) is 0 Å². The van der Waals surface area contributed by atoms with E-state index in [9.17, 15) is 17.9 Å². The van der Waals surface area contributed by atoms with Crippen LogP contribution in [0.3, 0.4) is 0 Å². The number of nitrogens with zero attached hydrogens (tertiary/aromatic N) is 3. The summed E-state index contributed by atoms with van der Waals surface area (Å²) in [5.74, 6) is -0.378. The maximum atomic E-state index is 13.4. The molecule has 1 saturated heterocycles. The minimum Gasteiger partial charge on any atom is -0.394 e. The van der Waals surface area contributed by atoms with Crippen molar-refractivity contribution in [1.82, 2.24) is 13.9 Å². The number of hydrogen-bond acceptors (Lipinski definition) is 5. The Labute approximate surface area is 180 Å². The second-order valence-corrected chi connectivity index (χ2v) is 9.97. The van der Waals surface area contributed by atoms with E-state index in [0.717, 1.165) is 22.4 Å². The molecule has 3 heterocycles. The van der Waals surface area contributed by atoms with Gasteiger partial charge in [-0.05, 0) is 47.4 Å². The van der Waals surface area contributed by atoms with Crippen molar-refractivity contribution in [2.45, 2.75) is 23.5 Å². The van der Waals surface area contributed by atoms with Gasteiger partial charge in [-0.25, -0.2) is 17.8 Å². The van der Waals surface area contributed by atoms with Gasteiger partial charge in [0.25, 0.3) is 10.0 Å². The zero-order chi connectivity index (χ0) is 21.8. The highest BCUT2D eigenvalue weighted by molar-refractivity contribution is 7.89. The molecule has 0 unspecified atom stereocenters. The molecule has 5 rings (SSSR count). The van der Waals surface area contributed by atoms with E-state index in [-0.39, 0.29) is 29.4 Å². The molecule has 162 valence electrons. The van der Waals surface area contributed by atoms with Gasteiger partial charge in [0.05, 0.1) is 25.0 Å². The highest BCUT2D eigenvalue weighted by atomic mass is 32.2. The molecule has 2 N–H and O–H groups in total. The predicted octanol–water partition coefficient (Wildman–Crippen LogP) is 2.76. The lowest BCUT2D eigenvalue weighted by molar-refractivity contribution is 0.210. The lowest BCUT2D eigenvalue weighted by atomic mass is 9.82. The summed E-state index contributed by atoms with van der Waals surface area (Å²) in [4.78, 5) is 4.07. The number of sulfonamides is 1. The average Bonchev–Trinajstić information content (AvgIpc) is 3.41. The quantitative estimate of drug-likeness (QED) is 0.649. The molecular formula is C22H23FN4O3S. The van der Waals surface area contributed by atoms with E-state index in [1.165, 1.54) is 29.0 Å². The molecule has 0 saturated carbocycles. The van der Waals surface area contributed by atoms with E-state index in [2.05, 4.69) is 10.3 Å². The molecule has 0 spiro atoms. The Morgan fingerprint density at radius 1 is 1.19 bits per heavy atom. The molecule has 7 nitrogen and oxygen atoms in total. The first-order valence-corrected chi connectivity index (χ1v) is 11.6. The number of aromatic nitrogens is 2. The second-order valence-electron chi connectivity index (χ2n) is 8.13. The molecule has 9 heteroatoms. The van der Waals surface area contributed by atoms with Crippen LogP contribution in [0, 0.1) is 11.7 Å². The summed E-state index contributed by atoms with van der Waals surface area (Å²) in [5.41, 5.74) is 3.38. The van der Waals surface area contributed by atoms with Crippen molar-refractivity contribution in [3.8, 4) is 11.1 Å². The summed E-state index contributed by atoms with van der Waals surface area (Å²) >= 11 is 0. The van der Waals surface area contributed by atoms with Crippen LogP contribution in [0.5, 0.6) is 0 Å². The zero-order valence-electron chi connectivity index (χ0n) is 16.9. The van der Waals surface area contributed by atoms with Gasteiger partial charge >= 0.3 is 0 Å². The van der Waals surface area contributed by atoms with E-state index >= 15 is 0 Å². The Kier molecular flexibility index (Phi) is 4.84. The molecule has 0 bridgehead atoms. The van der Waals surface area contributed by atoms with Crippen molar-refractivity contribution in [1.29, 1.82) is 0 Å². The van der Waals surface area contributed by atoms with Crippen LogP contribution in [0.1, 0.15) is 18.0 Å². The van der Waals surface area contributed by atoms with Crippen molar-refractivity contribution in [3.05, 3.63) is 66.4 Å². The molecule has 2 aliphatic rings. The first kappa shape index (κ1) is 20.2. The number of aryl methyl sites for hydroxylation is 1. The van der Waals surface area contributed by atoms with Gasteiger partial charge in [0.2, 0.25) is 0 Å². The monoisotopic (exact) mass is 442 g/mol. The summed E-state index contributed by atoms with van der Waals surface area (Å²) in [6.45, 7) is 0.268. The molecule has 3 aromatic rings. The third-order valence-corrected chi connectivity index (χ3v) is 8.02. The molecule has 2 aliphatic heterocycles. The third kappa shape index (κ3) is 3.33. The fourth-order valence-corrected chi connectivity index (χ4v) is 6.39. The minimum absolute atomic E-state index is 0.0194. The lowest BCUT2D eigenvalue weighted by Gasteiger charge is -2.38. The smallest absolute Gasteiger partial charge is 0.262 e. The standard InChI is InChI=1S/C22H23FN4O3S/c1-26-11-21(24-13-26)31(29,30)27-9-8-17-20(12-28)25-19-7-4-15(10-18(19)22(17)27)14-2-5-16(23)6-3-14/h2-7,10-11,13,17,20,22,25,28H,8-9,12H2,1H3/t17-,20+,22-/m0/s1. The van der Waals surface area contributed by atoms with Crippen molar-refractivity contribution in [2.24, 2.45) is 13.0 Å². The number of halogens is 1. The topological polar surface area (TPSA) is 87.5 Å². The maximum Gasteiger partial charge on any atom is 0.262 e. The molecule has 0 radical (unpaired) electrons. The van der Waals surface area contributed by atoms with Gasteiger partial charge in [-0.2, -0.15) is 4.31 Å². The molecule has 2 aromatic carbocycles. The van der Waals surface area contributed by atoms with Crippen LogP contribution < -0.4 is 5.32 Å². The fourth-order valence-electron chi connectivity index (χ4n) is 4.75. The van der Waals surface area contributed by atoms with E-state index in [4.69, 9.17) is 0 Å². The Balaban J connectivity index is 1.61. The molecule has 1 aromatic heterocycles. The third-order valence-electron chi connectivity index (χ3n) is 6.26. The molecular weight excluding hydrogens is 419 g/mol. The van der Waals surface area contributed by atoms with Crippen LogP contribution >= 0.6 is 0 Å². The lowest BCUT2D eigenvalue weighted by Crippen LogP contribution is -2.42. The Morgan fingerprint density at radius 2 is 1.94 bits per heavy atom. The predicted molar refractivity (Wildman–Crippen MR) is 114 cm³/mol.